The molecule has 1 saturated heterocycles. The van der Waals surface area contributed by atoms with Gasteiger partial charge in [-0.15, -0.1) is 0 Å². The highest BCUT2D eigenvalue weighted by molar-refractivity contribution is 6.22. The number of halogens is 1. The maximum absolute atomic E-state index is 13.0. The number of Topliss-reactive ketones (excluding diaryl/α,β-unsaturated/α-hetero) is 1. The summed E-state index contributed by atoms with van der Waals surface area (Å²) in [6.07, 6.45) is -0.174. The van der Waals surface area contributed by atoms with Gasteiger partial charge in [-0.1, -0.05) is 30.3 Å². The van der Waals surface area contributed by atoms with Gasteiger partial charge in [0.15, 0.2) is 12.4 Å². The highest BCUT2D eigenvalue weighted by Crippen LogP contribution is 2.23. The molecule has 0 bridgehead atoms. The Morgan fingerprint density at radius 1 is 0.825 bits per heavy atom. The number of ether oxygens (including phenoxy) is 1. The molecule has 0 radical (unpaired) electrons. The standard InChI is InChI=1S/C30H22FN3O6/c31-23-11-7-19(8-12-23)26(35)17-40-30(39)20-9-13-24(14-10-20)34-27(36)16-25(29(34)38)32-33-28(37)22-6-5-18-3-1-2-4-21(18)15-22/h1-15,25,32H,16-17H2,(H,33,37). The molecule has 40 heavy (non-hydrogen) atoms. The molecule has 0 aromatic heterocycles. The first-order valence-electron chi connectivity index (χ1n) is 12.3. The minimum atomic E-state index is -0.973. The van der Waals surface area contributed by atoms with E-state index in [2.05, 4.69) is 10.9 Å². The van der Waals surface area contributed by atoms with Crippen molar-refractivity contribution in [3.05, 3.63) is 114 Å². The van der Waals surface area contributed by atoms with E-state index in [1.54, 1.807) is 12.1 Å². The molecule has 200 valence electrons. The third-order valence-corrected chi connectivity index (χ3v) is 6.38. The molecule has 1 fully saturated rings. The van der Waals surface area contributed by atoms with Crippen LogP contribution in [-0.2, 0) is 14.3 Å². The van der Waals surface area contributed by atoms with Gasteiger partial charge < -0.3 is 4.74 Å². The fraction of sp³-hybridized carbons (Fsp3) is 0.100. The number of nitrogens with one attached hydrogen (secondary N) is 2. The summed E-state index contributed by atoms with van der Waals surface area (Å²) in [6.45, 7) is -0.534. The second kappa shape index (κ2) is 11.3. The lowest BCUT2D eigenvalue weighted by Gasteiger charge is -2.16. The molecule has 10 heteroatoms. The van der Waals surface area contributed by atoms with Gasteiger partial charge in [0.1, 0.15) is 11.9 Å². The zero-order valence-electron chi connectivity index (χ0n) is 20.9. The molecule has 5 rings (SSSR count). The molecule has 1 heterocycles. The summed E-state index contributed by atoms with van der Waals surface area (Å²) in [5.41, 5.74) is 6.07. The van der Waals surface area contributed by atoms with E-state index in [-0.39, 0.29) is 23.2 Å². The quantitative estimate of drug-likeness (QED) is 0.152. The van der Waals surface area contributed by atoms with Gasteiger partial charge in [-0.05, 0) is 71.4 Å². The molecule has 1 aliphatic heterocycles. The lowest BCUT2D eigenvalue weighted by atomic mass is 10.1. The summed E-state index contributed by atoms with van der Waals surface area (Å²) in [7, 11) is 0. The van der Waals surface area contributed by atoms with Crippen molar-refractivity contribution in [2.24, 2.45) is 0 Å². The normalized spacial score (nSPS) is 14.8. The molecule has 4 aromatic carbocycles. The van der Waals surface area contributed by atoms with Crippen LogP contribution in [0.25, 0.3) is 10.8 Å². The Labute approximate surface area is 227 Å². The second-order valence-corrected chi connectivity index (χ2v) is 9.04. The minimum Gasteiger partial charge on any atom is -0.454 e. The second-order valence-electron chi connectivity index (χ2n) is 9.04. The van der Waals surface area contributed by atoms with Gasteiger partial charge in [-0.25, -0.2) is 19.5 Å². The maximum atomic E-state index is 13.0. The van der Waals surface area contributed by atoms with Crippen molar-refractivity contribution in [1.29, 1.82) is 0 Å². The van der Waals surface area contributed by atoms with Gasteiger partial charge >= 0.3 is 5.97 Å². The molecule has 4 aromatic rings. The van der Waals surface area contributed by atoms with Crippen LogP contribution in [0.5, 0.6) is 0 Å². The number of carbonyl (C=O) groups excluding carboxylic acids is 5. The van der Waals surface area contributed by atoms with E-state index in [4.69, 9.17) is 4.74 Å². The Kier molecular flexibility index (Phi) is 7.43. The number of amides is 3. The van der Waals surface area contributed by atoms with Crippen LogP contribution in [0, 0.1) is 5.82 Å². The van der Waals surface area contributed by atoms with Gasteiger partial charge in [0, 0.05) is 11.1 Å². The number of benzene rings is 4. The number of carbonyl (C=O) groups is 5. The number of ketones is 1. The Morgan fingerprint density at radius 3 is 2.20 bits per heavy atom. The highest BCUT2D eigenvalue weighted by Gasteiger charge is 2.39. The first-order valence-corrected chi connectivity index (χ1v) is 12.3. The number of anilines is 1. The predicted molar refractivity (Wildman–Crippen MR) is 143 cm³/mol. The summed E-state index contributed by atoms with van der Waals surface area (Å²) in [5.74, 6) is -3.27. The van der Waals surface area contributed by atoms with Crippen LogP contribution >= 0.6 is 0 Å². The molecular weight excluding hydrogens is 517 g/mol. The molecule has 1 unspecified atom stereocenters. The first-order chi connectivity index (χ1) is 19.3. The van der Waals surface area contributed by atoms with Gasteiger partial charge in [-0.2, -0.15) is 0 Å². The minimum absolute atomic E-state index is 0.104. The average Bonchev–Trinajstić information content (AvgIpc) is 3.26. The Bertz CT molecular complexity index is 1640. The lowest BCUT2D eigenvalue weighted by molar-refractivity contribution is -0.121. The zero-order chi connectivity index (χ0) is 28.2. The Morgan fingerprint density at radius 2 is 1.48 bits per heavy atom. The van der Waals surface area contributed by atoms with E-state index in [9.17, 15) is 28.4 Å². The summed E-state index contributed by atoms with van der Waals surface area (Å²) in [6, 6.07) is 22.2. The van der Waals surface area contributed by atoms with Crippen LogP contribution in [0.3, 0.4) is 0 Å². The number of hydrogen-bond acceptors (Lipinski definition) is 7. The number of rotatable bonds is 8. The van der Waals surface area contributed by atoms with Crippen molar-refractivity contribution >= 4 is 45.9 Å². The van der Waals surface area contributed by atoms with Crippen LogP contribution in [0.15, 0.2) is 91.0 Å². The van der Waals surface area contributed by atoms with E-state index >= 15 is 0 Å². The van der Waals surface area contributed by atoms with E-state index in [1.807, 2.05) is 30.3 Å². The molecule has 9 nitrogen and oxygen atoms in total. The number of imide groups is 1. The van der Waals surface area contributed by atoms with Crippen LogP contribution in [0.2, 0.25) is 0 Å². The summed E-state index contributed by atoms with van der Waals surface area (Å²) in [5, 5.41) is 1.87. The summed E-state index contributed by atoms with van der Waals surface area (Å²) in [4.78, 5) is 63.6. The SMILES string of the molecule is O=C(COC(=O)c1ccc(N2C(=O)CC(NNC(=O)c3ccc4ccccc4c3)C2=O)cc1)c1ccc(F)cc1. The van der Waals surface area contributed by atoms with E-state index in [0.29, 0.717) is 5.56 Å². The fourth-order valence-electron chi connectivity index (χ4n) is 4.25. The number of fused-ring (bicyclic) bond motifs is 1. The van der Waals surface area contributed by atoms with Gasteiger partial charge in [-0.3, -0.25) is 24.6 Å². The molecule has 2 N–H and O–H groups in total. The summed E-state index contributed by atoms with van der Waals surface area (Å²) < 4.78 is 18.0. The number of hydrazine groups is 1. The topological polar surface area (TPSA) is 122 Å². The van der Waals surface area contributed by atoms with Crippen molar-refractivity contribution in [2.45, 2.75) is 12.5 Å². The molecule has 0 saturated carbocycles. The van der Waals surface area contributed by atoms with Crippen molar-refractivity contribution < 1.29 is 33.1 Å². The molecule has 0 aliphatic carbocycles. The predicted octanol–water partition coefficient (Wildman–Crippen LogP) is 3.59. The van der Waals surface area contributed by atoms with Crippen molar-refractivity contribution in [3.63, 3.8) is 0 Å². The number of hydrogen-bond donors (Lipinski definition) is 2. The van der Waals surface area contributed by atoms with E-state index in [0.717, 1.165) is 27.8 Å². The monoisotopic (exact) mass is 539 g/mol. The third-order valence-electron chi connectivity index (χ3n) is 6.38. The Balaban J connectivity index is 1.17. The van der Waals surface area contributed by atoms with Crippen LogP contribution in [-0.4, -0.2) is 42.1 Å². The van der Waals surface area contributed by atoms with E-state index in [1.165, 1.54) is 36.4 Å². The van der Waals surface area contributed by atoms with Gasteiger partial charge in [0.05, 0.1) is 17.7 Å². The van der Waals surface area contributed by atoms with Crippen molar-refractivity contribution in [1.82, 2.24) is 10.9 Å². The van der Waals surface area contributed by atoms with E-state index < -0.39 is 47.9 Å². The average molecular weight is 540 g/mol. The zero-order valence-corrected chi connectivity index (χ0v) is 20.9. The molecule has 3 amide bonds. The van der Waals surface area contributed by atoms with Gasteiger partial charge in [0.2, 0.25) is 5.91 Å². The molecule has 1 atom stereocenters. The summed E-state index contributed by atoms with van der Waals surface area (Å²) >= 11 is 0. The fourth-order valence-corrected chi connectivity index (χ4v) is 4.25. The number of nitrogens with zero attached hydrogens (tertiary/aromatic N) is 1. The Hall–Kier alpha value is -5.22. The van der Waals surface area contributed by atoms with Crippen LogP contribution < -0.4 is 15.8 Å². The molecule has 1 aliphatic rings. The largest absolute Gasteiger partial charge is 0.454 e. The van der Waals surface area contributed by atoms with Crippen molar-refractivity contribution in [3.8, 4) is 0 Å². The molecule has 0 spiro atoms. The molecular formula is C30H22FN3O6. The van der Waals surface area contributed by atoms with Gasteiger partial charge in [0.25, 0.3) is 11.8 Å². The third kappa shape index (κ3) is 5.62. The maximum Gasteiger partial charge on any atom is 0.338 e. The lowest BCUT2D eigenvalue weighted by Crippen LogP contribution is -2.48. The smallest absolute Gasteiger partial charge is 0.338 e. The highest BCUT2D eigenvalue weighted by atomic mass is 19.1. The first kappa shape index (κ1) is 26.4. The van der Waals surface area contributed by atoms with Crippen LogP contribution in [0.1, 0.15) is 37.5 Å². The number of esters is 1. The van der Waals surface area contributed by atoms with Crippen molar-refractivity contribution in [2.75, 3.05) is 11.5 Å². The van der Waals surface area contributed by atoms with Crippen LogP contribution in [0.4, 0.5) is 10.1 Å².